The Morgan fingerprint density at radius 1 is 1.00 bits per heavy atom. The molecule has 3 rings (SSSR count). The number of anilines is 2. The summed E-state index contributed by atoms with van der Waals surface area (Å²) < 4.78 is 40.8. The van der Waals surface area contributed by atoms with Gasteiger partial charge in [-0.25, -0.2) is 12.8 Å². The van der Waals surface area contributed by atoms with Crippen LogP contribution in [0.15, 0.2) is 71.6 Å². The molecule has 0 radical (unpaired) electrons. The molecule has 0 fully saturated rings. The number of carbonyl (C=O) groups is 1. The molecule has 9 heteroatoms. The van der Waals surface area contributed by atoms with Crippen LogP contribution in [0.5, 0.6) is 0 Å². The van der Waals surface area contributed by atoms with Gasteiger partial charge in [0, 0.05) is 10.7 Å². The maximum atomic E-state index is 13.3. The Kier molecular flexibility index (Phi) is 6.65. The Morgan fingerprint density at radius 2 is 1.70 bits per heavy atom. The summed E-state index contributed by atoms with van der Waals surface area (Å²) in [7, 11) is -4.06. The lowest BCUT2D eigenvalue weighted by Crippen LogP contribution is -2.38. The van der Waals surface area contributed by atoms with Crippen molar-refractivity contribution >= 4 is 50.5 Å². The lowest BCUT2D eigenvalue weighted by molar-refractivity contribution is -0.114. The minimum atomic E-state index is -4.06. The largest absolute Gasteiger partial charge is 0.324 e. The van der Waals surface area contributed by atoms with E-state index in [9.17, 15) is 17.6 Å². The summed E-state index contributed by atoms with van der Waals surface area (Å²) in [6.45, 7) is 1.26. The summed E-state index contributed by atoms with van der Waals surface area (Å²) in [5, 5.41) is 2.74. The number of sulfonamides is 1. The molecule has 30 heavy (non-hydrogen) atoms. The first-order chi connectivity index (χ1) is 14.2. The number of aryl methyl sites for hydroxylation is 1. The molecular weight excluding hydrogens is 450 g/mol. The molecule has 156 valence electrons. The van der Waals surface area contributed by atoms with Gasteiger partial charge in [0.25, 0.3) is 10.0 Å². The molecule has 0 bridgehead atoms. The van der Waals surface area contributed by atoms with Gasteiger partial charge in [-0.2, -0.15) is 0 Å². The summed E-state index contributed by atoms with van der Waals surface area (Å²) in [4.78, 5) is 12.7. The quantitative estimate of drug-likeness (QED) is 0.537. The van der Waals surface area contributed by atoms with Crippen LogP contribution in [-0.2, 0) is 14.8 Å². The van der Waals surface area contributed by atoms with E-state index in [0.29, 0.717) is 5.02 Å². The van der Waals surface area contributed by atoms with Crippen LogP contribution in [0.25, 0.3) is 0 Å². The molecule has 0 spiro atoms. The fourth-order valence-electron chi connectivity index (χ4n) is 2.68. The third-order valence-electron chi connectivity index (χ3n) is 4.27. The van der Waals surface area contributed by atoms with Crippen LogP contribution in [-0.4, -0.2) is 20.9 Å². The monoisotopic (exact) mass is 466 g/mol. The average molecular weight is 467 g/mol. The zero-order valence-corrected chi connectivity index (χ0v) is 18.1. The van der Waals surface area contributed by atoms with E-state index in [-0.39, 0.29) is 21.3 Å². The Labute approximate surface area is 184 Å². The van der Waals surface area contributed by atoms with E-state index in [2.05, 4.69) is 5.32 Å². The Hall–Kier alpha value is -2.61. The van der Waals surface area contributed by atoms with Gasteiger partial charge in [0.15, 0.2) is 0 Å². The minimum Gasteiger partial charge on any atom is -0.324 e. The van der Waals surface area contributed by atoms with Crippen LogP contribution < -0.4 is 9.62 Å². The number of halogens is 3. The van der Waals surface area contributed by atoms with Gasteiger partial charge in [0.05, 0.1) is 15.6 Å². The van der Waals surface area contributed by atoms with Crippen molar-refractivity contribution in [1.29, 1.82) is 0 Å². The minimum absolute atomic E-state index is 0.0272. The lowest BCUT2D eigenvalue weighted by Gasteiger charge is -2.24. The molecule has 0 aliphatic heterocycles. The van der Waals surface area contributed by atoms with Crippen LogP contribution >= 0.6 is 23.2 Å². The van der Waals surface area contributed by atoms with Crippen molar-refractivity contribution in [2.24, 2.45) is 0 Å². The van der Waals surface area contributed by atoms with Crippen molar-refractivity contribution in [2.75, 3.05) is 16.2 Å². The molecule has 3 aromatic carbocycles. The maximum absolute atomic E-state index is 13.3. The van der Waals surface area contributed by atoms with Crippen LogP contribution in [0.4, 0.5) is 15.8 Å². The first kappa shape index (κ1) is 22.1. The highest BCUT2D eigenvalue weighted by Gasteiger charge is 2.27. The van der Waals surface area contributed by atoms with E-state index in [0.717, 1.165) is 15.9 Å². The van der Waals surface area contributed by atoms with Gasteiger partial charge in [0.1, 0.15) is 12.4 Å². The number of rotatable bonds is 6. The molecule has 0 aliphatic carbocycles. The predicted molar refractivity (Wildman–Crippen MR) is 117 cm³/mol. The summed E-state index contributed by atoms with van der Waals surface area (Å²) >= 11 is 11.9. The summed E-state index contributed by atoms with van der Waals surface area (Å²) in [5.74, 6) is -1.26. The number of hydrogen-bond acceptors (Lipinski definition) is 3. The number of carbonyl (C=O) groups excluding carboxylic acids is 1. The third-order valence-corrected chi connectivity index (χ3v) is 6.75. The molecular formula is C21H17Cl2FN2O3S. The molecule has 5 nitrogen and oxygen atoms in total. The van der Waals surface area contributed by atoms with Gasteiger partial charge in [0.2, 0.25) is 5.91 Å². The van der Waals surface area contributed by atoms with Gasteiger partial charge < -0.3 is 5.32 Å². The number of benzene rings is 3. The zero-order valence-electron chi connectivity index (χ0n) is 15.8. The normalized spacial score (nSPS) is 11.2. The molecule has 0 aliphatic rings. The second-order valence-corrected chi connectivity index (χ2v) is 9.11. The first-order valence-electron chi connectivity index (χ1n) is 8.77. The second kappa shape index (κ2) is 9.04. The summed E-state index contributed by atoms with van der Waals surface area (Å²) in [6.07, 6.45) is 0. The van der Waals surface area contributed by atoms with E-state index >= 15 is 0 Å². The van der Waals surface area contributed by atoms with Gasteiger partial charge in [-0.3, -0.25) is 9.10 Å². The zero-order chi connectivity index (χ0) is 21.9. The van der Waals surface area contributed by atoms with Crippen molar-refractivity contribution < 1.29 is 17.6 Å². The van der Waals surface area contributed by atoms with E-state index in [1.54, 1.807) is 37.3 Å². The summed E-state index contributed by atoms with van der Waals surface area (Å²) in [6, 6.07) is 16.2. The van der Waals surface area contributed by atoms with Crippen LogP contribution in [0, 0.1) is 12.7 Å². The van der Waals surface area contributed by atoms with Crippen molar-refractivity contribution in [3.8, 4) is 0 Å². The smallest absolute Gasteiger partial charge is 0.264 e. The molecule has 1 amide bonds. The lowest BCUT2D eigenvalue weighted by atomic mass is 10.2. The number of nitrogens with zero attached hydrogens (tertiary/aromatic N) is 1. The first-order valence-corrected chi connectivity index (χ1v) is 11.0. The fraction of sp³-hybridized carbons (Fsp3) is 0.0952. The molecule has 0 unspecified atom stereocenters. The van der Waals surface area contributed by atoms with Gasteiger partial charge in [-0.1, -0.05) is 47.5 Å². The van der Waals surface area contributed by atoms with Crippen molar-refractivity contribution in [3.63, 3.8) is 0 Å². The highest BCUT2D eigenvalue weighted by Crippen LogP contribution is 2.28. The molecule has 1 N–H and O–H groups in total. The Balaban J connectivity index is 1.95. The van der Waals surface area contributed by atoms with E-state index in [1.165, 1.54) is 30.3 Å². The molecule has 0 aromatic heterocycles. The topological polar surface area (TPSA) is 66.5 Å². The second-order valence-electron chi connectivity index (χ2n) is 6.44. The van der Waals surface area contributed by atoms with Crippen LogP contribution in [0.1, 0.15) is 5.56 Å². The molecule has 0 atom stereocenters. The molecule has 0 heterocycles. The maximum Gasteiger partial charge on any atom is 0.264 e. The number of hydrogen-bond donors (Lipinski definition) is 1. The van der Waals surface area contributed by atoms with Crippen molar-refractivity contribution in [1.82, 2.24) is 0 Å². The van der Waals surface area contributed by atoms with Gasteiger partial charge in [-0.15, -0.1) is 0 Å². The predicted octanol–water partition coefficient (Wildman–Crippen LogP) is 5.27. The van der Waals surface area contributed by atoms with Gasteiger partial charge >= 0.3 is 0 Å². The third kappa shape index (κ3) is 4.92. The molecule has 0 saturated heterocycles. The Morgan fingerprint density at radius 3 is 2.33 bits per heavy atom. The van der Waals surface area contributed by atoms with Crippen molar-refractivity contribution in [3.05, 3.63) is 88.2 Å². The highest BCUT2D eigenvalue weighted by atomic mass is 35.5. The van der Waals surface area contributed by atoms with E-state index in [1.807, 2.05) is 0 Å². The highest BCUT2D eigenvalue weighted by molar-refractivity contribution is 7.92. The number of nitrogens with one attached hydrogen (secondary N) is 1. The fourth-order valence-corrected chi connectivity index (χ4v) is 4.47. The van der Waals surface area contributed by atoms with Crippen LogP contribution in [0.3, 0.4) is 0 Å². The standard InChI is InChI=1S/C21H17Cl2FN2O3S/c1-14-7-9-16(12-18(14)22)26(30(28,29)17-5-3-2-4-6-17)13-21(27)25-15-8-10-20(24)19(23)11-15/h2-12H,13H2,1H3,(H,25,27). The number of amides is 1. The SMILES string of the molecule is Cc1ccc(N(CC(=O)Nc2ccc(F)c(Cl)c2)S(=O)(=O)c2ccccc2)cc1Cl. The van der Waals surface area contributed by atoms with Gasteiger partial charge in [-0.05, 0) is 55.0 Å². The van der Waals surface area contributed by atoms with Crippen LogP contribution in [0.2, 0.25) is 10.0 Å². The van der Waals surface area contributed by atoms with Crippen molar-refractivity contribution in [2.45, 2.75) is 11.8 Å². The Bertz CT molecular complexity index is 1190. The molecule has 3 aromatic rings. The molecule has 0 saturated carbocycles. The van der Waals surface area contributed by atoms with E-state index < -0.39 is 28.3 Å². The van der Waals surface area contributed by atoms with E-state index in [4.69, 9.17) is 23.2 Å². The average Bonchev–Trinajstić information content (AvgIpc) is 2.72. The summed E-state index contributed by atoms with van der Waals surface area (Å²) in [5.41, 5.74) is 1.25.